The highest BCUT2D eigenvalue weighted by atomic mass is 14.5. The van der Waals surface area contributed by atoms with Crippen molar-refractivity contribution in [2.24, 2.45) is 5.92 Å². The van der Waals surface area contributed by atoms with Crippen LogP contribution < -0.4 is 0 Å². The Hall–Kier alpha value is -0.780. The van der Waals surface area contributed by atoms with Gasteiger partial charge in [-0.15, -0.1) is 0 Å². The topological polar surface area (TPSA) is 0 Å². The molecule has 3 rings (SSSR count). The van der Waals surface area contributed by atoms with E-state index in [0.717, 1.165) is 17.8 Å². The van der Waals surface area contributed by atoms with E-state index >= 15 is 0 Å². The molecular weight excluding hydrogens is 156 g/mol. The van der Waals surface area contributed by atoms with Crippen LogP contribution in [0.5, 0.6) is 0 Å². The van der Waals surface area contributed by atoms with Gasteiger partial charge < -0.3 is 0 Å². The van der Waals surface area contributed by atoms with Crippen LogP contribution >= 0.6 is 0 Å². The summed E-state index contributed by atoms with van der Waals surface area (Å²) in [7, 11) is 0. The van der Waals surface area contributed by atoms with E-state index in [9.17, 15) is 0 Å². The van der Waals surface area contributed by atoms with Crippen molar-refractivity contribution in [3.05, 3.63) is 35.4 Å². The molecule has 0 heterocycles. The SMILES string of the molecule is CC1CCCC2c3ccccc3C12. The van der Waals surface area contributed by atoms with Crippen LogP contribution in [0.4, 0.5) is 0 Å². The van der Waals surface area contributed by atoms with Gasteiger partial charge >= 0.3 is 0 Å². The third-order valence-corrected chi connectivity index (χ3v) is 3.98. The fraction of sp³-hybridized carbons (Fsp3) is 0.538. The lowest BCUT2D eigenvalue weighted by molar-refractivity contribution is 0.255. The van der Waals surface area contributed by atoms with Gasteiger partial charge in [0.25, 0.3) is 0 Å². The minimum absolute atomic E-state index is 0.907. The molecular formula is C13H16. The molecule has 0 aromatic heterocycles. The molecule has 0 amide bonds. The number of rotatable bonds is 0. The first-order valence-corrected chi connectivity index (χ1v) is 5.47. The van der Waals surface area contributed by atoms with E-state index in [1.54, 1.807) is 11.1 Å². The largest absolute Gasteiger partial charge is 0.0620 e. The maximum atomic E-state index is 2.42. The maximum Gasteiger partial charge on any atom is -0.00644 e. The minimum Gasteiger partial charge on any atom is -0.0620 e. The van der Waals surface area contributed by atoms with Gasteiger partial charge in [-0.25, -0.2) is 0 Å². The zero-order chi connectivity index (χ0) is 8.84. The lowest BCUT2D eigenvalue weighted by Crippen LogP contribution is -2.32. The van der Waals surface area contributed by atoms with E-state index in [1.807, 2.05) is 0 Å². The zero-order valence-electron chi connectivity index (χ0n) is 8.16. The Balaban J connectivity index is 2.03. The van der Waals surface area contributed by atoms with Crippen molar-refractivity contribution in [3.8, 4) is 0 Å². The average molecular weight is 172 g/mol. The number of fused-ring (bicyclic) bond motifs is 4. The molecule has 0 spiro atoms. The zero-order valence-corrected chi connectivity index (χ0v) is 8.16. The highest BCUT2D eigenvalue weighted by Gasteiger charge is 2.41. The first-order chi connectivity index (χ1) is 6.38. The number of benzene rings is 1. The van der Waals surface area contributed by atoms with Gasteiger partial charge in [-0.2, -0.15) is 0 Å². The van der Waals surface area contributed by atoms with E-state index in [-0.39, 0.29) is 0 Å². The third-order valence-electron chi connectivity index (χ3n) is 3.98. The van der Waals surface area contributed by atoms with Crippen LogP contribution in [0, 0.1) is 5.92 Å². The van der Waals surface area contributed by atoms with E-state index < -0.39 is 0 Å². The lowest BCUT2D eigenvalue weighted by Gasteiger charge is -2.46. The summed E-state index contributed by atoms with van der Waals surface area (Å²) in [6.07, 6.45) is 4.32. The highest BCUT2D eigenvalue weighted by Crippen LogP contribution is 2.56. The van der Waals surface area contributed by atoms with Gasteiger partial charge in [-0.3, -0.25) is 0 Å². The quantitative estimate of drug-likeness (QED) is 0.560. The summed E-state index contributed by atoms with van der Waals surface area (Å²) in [6, 6.07) is 9.04. The van der Waals surface area contributed by atoms with Crippen LogP contribution in [0.1, 0.15) is 49.1 Å². The Bertz CT molecular complexity index is 327. The standard InChI is InChI=1S/C13H16/c1-9-5-4-8-12-10-6-2-3-7-11(10)13(9)12/h2-3,6-7,9,12-13H,4-5,8H2,1H3. The van der Waals surface area contributed by atoms with Gasteiger partial charge in [-0.1, -0.05) is 44.0 Å². The molecule has 0 N–H and O–H groups in total. The van der Waals surface area contributed by atoms with Crippen molar-refractivity contribution < 1.29 is 0 Å². The summed E-state index contributed by atoms with van der Waals surface area (Å²) in [5, 5.41) is 0. The monoisotopic (exact) mass is 172 g/mol. The molecule has 0 bridgehead atoms. The second kappa shape index (κ2) is 2.60. The van der Waals surface area contributed by atoms with E-state index in [0.29, 0.717) is 0 Å². The van der Waals surface area contributed by atoms with Crippen LogP contribution in [0.25, 0.3) is 0 Å². The van der Waals surface area contributed by atoms with Crippen molar-refractivity contribution >= 4 is 0 Å². The predicted molar refractivity (Wildman–Crippen MR) is 54.9 cm³/mol. The van der Waals surface area contributed by atoms with E-state index in [2.05, 4.69) is 31.2 Å². The number of hydrogen-bond donors (Lipinski definition) is 0. The summed E-state index contributed by atoms with van der Waals surface area (Å²) in [6.45, 7) is 2.42. The van der Waals surface area contributed by atoms with Gasteiger partial charge in [0.2, 0.25) is 0 Å². The van der Waals surface area contributed by atoms with Gasteiger partial charge in [0.1, 0.15) is 0 Å². The molecule has 3 atom stereocenters. The minimum atomic E-state index is 0.907. The Morgan fingerprint density at radius 3 is 2.69 bits per heavy atom. The molecule has 68 valence electrons. The van der Waals surface area contributed by atoms with Crippen LogP contribution in [0.15, 0.2) is 24.3 Å². The molecule has 0 radical (unpaired) electrons. The van der Waals surface area contributed by atoms with Gasteiger partial charge in [0.05, 0.1) is 0 Å². The number of hydrogen-bond acceptors (Lipinski definition) is 0. The van der Waals surface area contributed by atoms with Crippen LogP contribution in [-0.4, -0.2) is 0 Å². The molecule has 0 nitrogen and oxygen atoms in total. The van der Waals surface area contributed by atoms with Crippen LogP contribution in [-0.2, 0) is 0 Å². The molecule has 0 heteroatoms. The summed E-state index contributed by atoms with van der Waals surface area (Å²) in [5.74, 6) is 2.75. The molecule has 13 heavy (non-hydrogen) atoms. The fourth-order valence-electron chi connectivity index (χ4n) is 3.34. The van der Waals surface area contributed by atoms with Crippen molar-refractivity contribution in [2.75, 3.05) is 0 Å². The van der Waals surface area contributed by atoms with Crippen LogP contribution in [0.3, 0.4) is 0 Å². The Morgan fingerprint density at radius 2 is 1.85 bits per heavy atom. The molecule has 0 saturated heterocycles. The van der Waals surface area contributed by atoms with Crippen molar-refractivity contribution in [2.45, 2.75) is 38.0 Å². The predicted octanol–water partition coefficient (Wildman–Crippen LogP) is 3.69. The maximum absolute atomic E-state index is 2.42. The van der Waals surface area contributed by atoms with Gasteiger partial charge in [0, 0.05) is 0 Å². The van der Waals surface area contributed by atoms with E-state index in [1.165, 1.54) is 19.3 Å². The third kappa shape index (κ3) is 0.919. The molecule has 1 saturated carbocycles. The van der Waals surface area contributed by atoms with Crippen molar-refractivity contribution in [1.29, 1.82) is 0 Å². The molecule has 1 aromatic carbocycles. The molecule has 0 aliphatic heterocycles. The molecule has 1 fully saturated rings. The second-order valence-electron chi connectivity index (χ2n) is 4.67. The summed E-state index contributed by atoms with van der Waals surface area (Å²) < 4.78 is 0. The van der Waals surface area contributed by atoms with Gasteiger partial charge in [-0.05, 0) is 35.3 Å². The van der Waals surface area contributed by atoms with Crippen LogP contribution in [0.2, 0.25) is 0 Å². The Labute approximate surface area is 80.0 Å². The Morgan fingerprint density at radius 1 is 1.08 bits per heavy atom. The summed E-state index contributed by atoms with van der Waals surface area (Å²) in [4.78, 5) is 0. The average Bonchev–Trinajstić information content (AvgIpc) is 2.14. The summed E-state index contributed by atoms with van der Waals surface area (Å²) in [5.41, 5.74) is 3.30. The summed E-state index contributed by atoms with van der Waals surface area (Å²) >= 11 is 0. The molecule has 1 aromatic rings. The first-order valence-electron chi connectivity index (χ1n) is 5.47. The second-order valence-corrected chi connectivity index (χ2v) is 4.67. The molecule has 3 unspecified atom stereocenters. The molecule has 2 aliphatic rings. The fourth-order valence-corrected chi connectivity index (χ4v) is 3.34. The van der Waals surface area contributed by atoms with E-state index in [4.69, 9.17) is 0 Å². The smallest absolute Gasteiger partial charge is 0.00644 e. The lowest BCUT2D eigenvalue weighted by atomic mass is 9.58. The van der Waals surface area contributed by atoms with Gasteiger partial charge in [0.15, 0.2) is 0 Å². The molecule has 2 aliphatic carbocycles. The Kier molecular flexibility index (Phi) is 1.52. The normalized spacial score (nSPS) is 35.9. The highest BCUT2D eigenvalue weighted by molar-refractivity contribution is 5.45. The first kappa shape index (κ1) is 7.61. The van der Waals surface area contributed by atoms with Crippen molar-refractivity contribution in [1.82, 2.24) is 0 Å². The van der Waals surface area contributed by atoms with Crippen molar-refractivity contribution in [3.63, 3.8) is 0 Å².